The number of aromatic hydroxyl groups is 1. The molecule has 0 saturated carbocycles. The molecular formula is C10H13BrFNO3. The lowest BCUT2D eigenvalue weighted by atomic mass is 10.1. The fraction of sp³-hybridized carbons (Fsp3) is 0.400. The van der Waals surface area contributed by atoms with Crippen molar-refractivity contribution >= 4 is 15.9 Å². The first-order valence-corrected chi connectivity index (χ1v) is 5.39. The molecule has 0 saturated heterocycles. The van der Waals surface area contributed by atoms with E-state index in [9.17, 15) is 14.6 Å². The molecule has 1 aromatic rings. The van der Waals surface area contributed by atoms with Crippen LogP contribution in [0.3, 0.4) is 0 Å². The van der Waals surface area contributed by atoms with Crippen LogP contribution in [0.15, 0.2) is 10.5 Å². The monoisotopic (exact) mass is 293 g/mol. The normalized spacial score (nSPS) is 12.6. The van der Waals surface area contributed by atoms with E-state index in [1.54, 1.807) is 7.05 Å². The van der Waals surface area contributed by atoms with Gasteiger partial charge in [0.05, 0.1) is 23.2 Å². The zero-order valence-electron chi connectivity index (χ0n) is 8.92. The number of aliphatic hydroxyl groups excluding tert-OH is 1. The molecule has 0 fully saturated rings. The Labute approximate surface area is 101 Å². The summed E-state index contributed by atoms with van der Waals surface area (Å²) in [5.41, 5.74) is -0.172. The molecule has 0 radical (unpaired) electrons. The van der Waals surface area contributed by atoms with E-state index in [1.165, 1.54) is 7.11 Å². The van der Waals surface area contributed by atoms with E-state index < -0.39 is 17.7 Å². The second kappa shape index (κ2) is 5.47. The number of phenols is 1. The molecule has 1 rings (SSSR count). The van der Waals surface area contributed by atoms with Crippen molar-refractivity contribution in [2.45, 2.75) is 6.10 Å². The fourth-order valence-corrected chi connectivity index (χ4v) is 1.96. The third kappa shape index (κ3) is 2.45. The third-order valence-corrected chi connectivity index (χ3v) is 2.72. The molecule has 0 heterocycles. The van der Waals surface area contributed by atoms with E-state index in [-0.39, 0.29) is 17.9 Å². The second-order valence-corrected chi connectivity index (χ2v) is 4.06. The van der Waals surface area contributed by atoms with Gasteiger partial charge >= 0.3 is 0 Å². The minimum absolute atomic E-state index is 0.103. The summed E-state index contributed by atoms with van der Waals surface area (Å²) in [7, 11) is 2.97. The molecule has 1 aromatic carbocycles. The van der Waals surface area contributed by atoms with Crippen molar-refractivity contribution in [2.24, 2.45) is 0 Å². The number of ether oxygens (including phenoxy) is 1. The average molecular weight is 294 g/mol. The first kappa shape index (κ1) is 13.2. The Morgan fingerprint density at radius 2 is 2.25 bits per heavy atom. The largest absolute Gasteiger partial charge is 0.504 e. The van der Waals surface area contributed by atoms with E-state index in [0.29, 0.717) is 4.47 Å². The smallest absolute Gasteiger partial charge is 0.175 e. The van der Waals surface area contributed by atoms with Gasteiger partial charge in [0.2, 0.25) is 0 Å². The van der Waals surface area contributed by atoms with Gasteiger partial charge in [-0.2, -0.15) is 0 Å². The van der Waals surface area contributed by atoms with Crippen molar-refractivity contribution in [1.29, 1.82) is 0 Å². The van der Waals surface area contributed by atoms with Crippen LogP contribution >= 0.6 is 15.9 Å². The minimum Gasteiger partial charge on any atom is -0.504 e. The van der Waals surface area contributed by atoms with E-state index in [2.05, 4.69) is 21.2 Å². The number of nitrogens with one attached hydrogen (secondary N) is 1. The van der Waals surface area contributed by atoms with Crippen LogP contribution in [0.4, 0.5) is 4.39 Å². The lowest BCUT2D eigenvalue weighted by molar-refractivity contribution is 0.167. The third-order valence-electron chi connectivity index (χ3n) is 2.13. The Balaban J connectivity index is 3.27. The average Bonchev–Trinajstić information content (AvgIpc) is 2.17. The SMILES string of the molecule is CNCC(O)c1c(F)cc(Br)c(OC)c1O. The molecule has 3 N–H and O–H groups in total. The van der Waals surface area contributed by atoms with Gasteiger partial charge in [-0.15, -0.1) is 0 Å². The summed E-state index contributed by atoms with van der Waals surface area (Å²) >= 11 is 3.06. The van der Waals surface area contributed by atoms with Gasteiger partial charge in [-0.25, -0.2) is 4.39 Å². The van der Waals surface area contributed by atoms with Gasteiger partial charge in [-0.05, 0) is 29.0 Å². The number of halogens is 2. The number of likely N-dealkylation sites (N-methyl/N-ethyl adjacent to an activating group) is 1. The summed E-state index contributed by atoms with van der Waals surface area (Å²) in [6.07, 6.45) is -1.13. The summed E-state index contributed by atoms with van der Waals surface area (Å²) in [6.45, 7) is 0.134. The highest BCUT2D eigenvalue weighted by Gasteiger charge is 2.22. The Morgan fingerprint density at radius 3 is 2.75 bits per heavy atom. The van der Waals surface area contributed by atoms with E-state index in [4.69, 9.17) is 4.74 Å². The van der Waals surface area contributed by atoms with Gasteiger partial charge in [-0.3, -0.25) is 0 Å². The van der Waals surface area contributed by atoms with Gasteiger partial charge in [0.25, 0.3) is 0 Å². The van der Waals surface area contributed by atoms with E-state index in [1.807, 2.05) is 0 Å². The molecule has 0 aliphatic heterocycles. The number of hydrogen-bond donors (Lipinski definition) is 3. The number of aliphatic hydroxyl groups is 1. The number of benzene rings is 1. The van der Waals surface area contributed by atoms with Crippen molar-refractivity contribution in [3.05, 3.63) is 21.9 Å². The molecule has 0 spiro atoms. The molecule has 1 atom stereocenters. The quantitative estimate of drug-likeness (QED) is 0.788. The number of rotatable bonds is 4. The maximum absolute atomic E-state index is 13.6. The van der Waals surface area contributed by atoms with Crippen molar-refractivity contribution in [1.82, 2.24) is 5.32 Å². The van der Waals surface area contributed by atoms with Crippen molar-refractivity contribution in [2.75, 3.05) is 20.7 Å². The van der Waals surface area contributed by atoms with Crippen LogP contribution in [-0.2, 0) is 0 Å². The van der Waals surface area contributed by atoms with Crippen LogP contribution in [0, 0.1) is 5.82 Å². The van der Waals surface area contributed by atoms with Crippen LogP contribution in [0.1, 0.15) is 11.7 Å². The highest BCUT2D eigenvalue weighted by Crippen LogP contribution is 2.41. The molecule has 0 aliphatic rings. The van der Waals surface area contributed by atoms with Crippen LogP contribution in [0.2, 0.25) is 0 Å². The maximum Gasteiger partial charge on any atom is 0.175 e. The number of methoxy groups -OCH3 is 1. The van der Waals surface area contributed by atoms with Crippen LogP contribution in [-0.4, -0.2) is 30.9 Å². The minimum atomic E-state index is -1.13. The summed E-state index contributed by atoms with van der Waals surface area (Å²) in [5.74, 6) is -0.975. The first-order chi connectivity index (χ1) is 7.52. The Bertz CT molecular complexity index is 387. The van der Waals surface area contributed by atoms with Crippen molar-refractivity contribution < 1.29 is 19.3 Å². The molecular weight excluding hydrogens is 281 g/mol. The molecule has 6 heteroatoms. The number of phenolic OH excluding ortho intramolecular Hbond substituents is 1. The first-order valence-electron chi connectivity index (χ1n) is 4.60. The second-order valence-electron chi connectivity index (χ2n) is 3.21. The van der Waals surface area contributed by atoms with Gasteiger partial charge in [0.1, 0.15) is 5.82 Å². The van der Waals surface area contributed by atoms with E-state index >= 15 is 0 Å². The van der Waals surface area contributed by atoms with Crippen LogP contribution < -0.4 is 10.1 Å². The topological polar surface area (TPSA) is 61.7 Å². The van der Waals surface area contributed by atoms with Gasteiger partial charge in [-0.1, -0.05) is 0 Å². The fourth-order valence-electron chi connectivity index (χ4n) is 1.41. The molecule has 0 bridgehead atoms. The molecule has 4 nitrogen and oxygen atoms in total. The Morgan fingerprint density at radius 1 is 1.62 bits per heavy atom. The van der Waals surface area contributed by atoms with Gasteiger partial charge < -0.3 is 20.3 Å². The number of hydrogen-bond acceptors (Lipinski definition) is 4. The predicted molar refractivity (Wildman–Crippen MR) is 61.2 cm³/mol. The molecule has 0 amide bonds. The lowest BCUT2D eigenvalue weighted by Gasteiger charge is -2.16. The zero-order valence-corrected chi connectivity index (χ0v) is 10.5. The predicted octanol–water partition coefficient (Wildman–Crippen LogP) is 1.56. The summed E-state index contributed by atoms with van der Waals surface area (Å²) in [5, 5.41) is 22.1. The molecule has 0 aliphatic carbocycles. The van der Waals surface area contributed by atoms with Crippen molar-refractivity contribution in [3.8, 4) is 11.5 Å². The standard InChI is InChI=1S/C10H13BrFNO3/c1-13-4-7(14)8-6(12)3-5(11)10(16-2)9(8)15/h3,7,13-15H,4H2,1-2H3. The molecule has 1 unspecified atom stereocenters. The van der Waals surface area contributed by atoms with E-state index in [0.717, 1.165) is 6.07 Å². The highest BCUT2D eigenvalue weighted by molar-refractivity contribution is 9.10. The lowest BCUT2D eigenvalue weighted by Crippen LogP contribution is -2.18. The van der Waals surface area contributed by atoms with Crippen LogP contribution in [0.5, 0.6) is 11.5 Å². The summed E-state index contributed by atoms with van der Waals surface area (Å²) < 4.78 is 18.8. The summed E-state index contributed by atoms with van der Waals surface area (Å²) in [4.78, 5) is 0. The van der Waals surface area contributed by atoms with Gasteiger partial charge in [0.15, 0.2) is 11.5 Å². The van der Waals surface area contributed by atoms with Gasteiger partial charge in [0, 0.05) is 6.54 Å². The summed E-state index contributed by atoms with van der Waals surface area (Å²) in [6, 6.07) is 1.15. The zero-order chi connectivity index (χ0) is 12.3. The Kier molecular flexibility index (Phi) is 4.52. The maximum atomic E-state index is 13.6. The van der Waals surface area contributed by atoms with Crippen LogP contribution in [0.25, 0.3) is 0 Å². The highest BCUT2D eigenvalue weighted by atomic mass is 79.9. The van der Waals surface area contributed by atoms with Crippen molar-refractivity contribution in [3.63, 3.8) is 0 Å². The molecule has 0 aromatic heterocycles. The molecule has 16 heavy (non-hydrogen) atoms. The Hall–Kier alpha value is -0.850. The molecule has 90 valence electrons.